The van der Waals surface area contributed by atoms with Gasteiger partial charge in [0.15, 0.2) is 0 Å². The maximum atomic E-state index is 11.6. The van der Waals surface area contributed by atoms with Gasteiger partial charge >= 0.3 is 5.97 Å². The van der Waals surface area contributed by atoms with Gasteiger partial charge in [0.25, 0.3) is 0 Å². The Labute approximate surface area is 109 Å². The number of ether oxygens (including phenoxy) is 1. The molecule has 18 heavy (non-hydrogen) atoms. The Morgan fingerprint density at radius 1 is 1.33 bits per heavy atom. The quantitative estimate of drug-likeness (QED) is 0.622. The Hall–Kier alpha value is -0.660. The second-order valence-electron chi connectivity index (χ2n) is 4.54. The topological polar surface area (TPSA) is 92.7 Å². The van der Waals surface area contributed by atoms with Gasteiger partial charge in [0.1, 0.15) is 0 Å². The first-order chi connectivity index (χ1) is 8.23. The van der Waals surface area contributed by atoms with Crippen LogP contribution in [0.3, 0.4) is 0 Å². The molecule has 0 saturated carbocycles. The van der Waals surface area contributed by atoms with E-state index in [0.717, 1.165) is 0 Å². The standard InChI is InChI=1S/C11H23NO5S/c1-9(2)17-7-8-18(15,16)12-10(3)5-4-6-11(13)14/h9-10,12H,4-8H2,1-3H3,(H,13,14). The summed E-state index contributed by atoms with van der Waals surface area (Å²) in [5.74, 6) is -0.940. The highest BCUT2D eigenvalue weighted by Gasteiger charge is 2.14. The van der Waals surface area contributed by atoms with Crippen LogP contribution < -0.4 is 4.72 Å². The second-order valence-corrected chi connectivity index (χ2v) is 6.42. The van der Waals surface area contributed by atoms with Gasteiger partial charge in [-0.25, -0.2) is 13.1 Å². The fraction of sp³-hybridized carbons (Fsp3) is 0.909. The molecule has 0 aromatic carbocycles. The molecule has 0 radical (unpaired) electrons. The molecule has 0 heterocycles. The molecule has 6 nitrogen and oxygen atoms in total. The number of carboxylic acid groups (broad SMARTS) is 1. The van der Waals surface area contributed by atoms with Gasteiger partial charge < -0.3 is 9.84 Å². The molecule has 0 aromatic rings. The Morgan fingerprint density at radius 3 is 2.44 bits per heavy atom. The number of nitrogens with one attached hydrogen (secondary N) is 1. The molecule has 0 saturated heterocycles. The number of carbonyl (C=O) groups is 1. The number of carboxylic acids is 1. The fourth-order valence-electron chi connectivity index (χ4n) is 1.38. The molecule has 0 amide bonds. The number of hydrogen-bond acceptors (Lipinski definition) is 4. The third-order valence-corrected chi connectivity index (χ3v) is 3.68. The average molecular weight is 281 g/mol. The Bertz CT molecular complexity index is 339. The minimum Gasteiger partial charge on any atom is -0.481 e. The first kappa shape index (κ1) is 17.3. The van der Waals surface area contributed by atoms with Crippen molar-refractivity contribution in [3.05, 3.63) is 0 Å². The number of rotatable bonds is 10. The predicted molar refractivity (Wildman–Crippen MR) is 69.0 cm³/mol. The highest BCUT2D eigenvalue weighted by Crippen LogP contribution is 2.02. The number of aliphatic carboxylic acids is 1. The van der Waals surface area contributed by atoms with Gasteiger partial charge in [0, 0.05) is 12.5 Å². The maximum Gasteiger partial charge on any atom is 0.303 e. The van der Waals surface area contributed by atoms with Crippen LogP contribution in [0.1, 0.15) is 40.0 Å². The predicted octanol–water partition coefficient (Wildman–Crippen LogP) is 0.974. The van der Waals surface area contributed by atoms with Crippen molar-refractivity contribution in [1.82, 2.24) is 4.72 Å². The lowest BCUT2D eigenvalue weighted by Gasteiger charge is -2.14. The van der Waals surface area contributed by atoms with Crippen LogP contribution in [0.15, 0.2) is 0 Å². The first-order valence-electron chi connectivity index (χ1n) is 6.06. The summed E-state index contributed by atoms with van der Waals surface area (Å²) in [7, 11) is -3.35. The minimum absolute atomic E-state index is 0.00758. The molecule has 0 aliphatic rings. The molecule has 0 spiro atoms. The Morgan fingerprint density at radius 2 is 1.94 bits per heavy atom. The lowest BCUT2D eigenvalue weighted by molar-refractivity contribution is -0.137. The van der Waals surface area contributed by atoms with Gasteiger partial charge in [0.2, 0.25) is 10.0 Å². The smallest absolute Gasteiger partial charge is 0.303 e. The van der Waals surface area contributed by atoms with Gasteiger partial charge in [-0.1, -0.05) is 0 Å². The molecule has 7 heteroatoms. The number of hydrogen-bond donors (Lipinski definition) is 2. The molecule has 0 aromatic heterocycles. The van der Waals surface area contributed by atoms with Crippen LogP contribution in [0, 0.1) is 0 Å². The molecule has 0 fully saturated rings. The van der Waals surface area contributed by atoms with Crippen LogP contribution in [0.5, 0.6) is 0 Å². The van der Waals surface area contributed by atoms with Crippen LogP contribution in [0.25, 0.3) is 0 Å². The molecule has 2 N–H and O–H groups in total. The van der Waals surface area contributed by atoms with Crippen molar-refractivity contribution >= 4 is 16.0 Å². The van der Waals surface area contributed by atoms with E-state index in [-0.39, 0.29) is 30.9 Å². The van der Waals surface area contributed by atoms with E-state index < -0.39 is 16.0 Å². The zero-order chi connectivity index (χ0) is 14.2. The zero-order valence-electron chi connectivity index (χ0n) is 11.2. The summed E-state index contributed by atoms with van der Waals surface area (Å²) < 4.78 is 30.9. The largest absolute Gasteiger partial charge is 0.481 e. The summed E-state index contributed by atoms with van der Waals surface area (Å²) in [5, 5.41) is 8.47. The average Bonchev–Trinajstić information content (AvgIpc) is 2.14. The summed E-state index contributed by atoms with van der Waals surface area (Å²) in [4.78, 5) is 10.3. The van der Waals surface area contributed by atoms with E-state index in [2.05, 4.69) is 4.72 Å². The monoisotopic (exact) mass is 281 g/mol. The first-order valence-corrected chi connectivity index (χ1v) is 7.71. The summed E-state index contributed by atoms with van der Waals surface area (Å²) >= 11 is 0. The van der Waals surface area contributed by atoms with Crippen molar-refractivity contribution < 1.29 is 23.1 Å². The molecule has 0 bridgehead atoms. The van der Waals surface area contributed by atoms with Crippen molar-refractivity contribution in [2.75, 3.05) is 12.4 Å². The van der Waals surface area contributed by atoms with Gasteiger partial charge in [0.05, 0.1) is 18.5 Å². The minimum atomic E-state index is -3.35. The van der Waals surface area contributed by atoms with E-state index >= 15 is 0 Å². The van der Waals surface area contributed by atoms with E-state index in [9.17, 15) is 13.2 Å². The van der Waals surface area contributed by atoms with Crippen LogP contribution in [0.4, 0.5) is 0 Å². The van der Waals surface area contributed by atoms with Crippen LogP contribution in [0.2, 0.25) is 0 Å². The summed E-state index contributed by atoms with van der Waals surface area (Å²) in [6.45, 7) is 5.57. The van der Waals surface area contributed by atoms with E-state index in [1.807, 2.05) is 13.8 Å². The van der Waals surface area contributed by atoms with Crippen molar-refractivity contribution in [3.8, 4) is 0 Å². The normalized spacial score (nSPS) is 13.8. The van der Waals surface area contributed by atoms with Crippen LogP contribution >= 0.6 is 0 Å². The van der Waals surface area contributed by atoms with Gasteiger partial charge in [-0.05, 0) is 33.6 Å². The lowest BCUT2D eigenvalue weighted by Crippen LogP contribution is -2.35. The van der Waals surface area contributed by atoms with E-state index in [1.54, 1.807) is 6.92 Å². The fourth-order valence-corrected chi connectivity index (χ4v) is 2.54. The summed E-state index contributed by atoms with van der Waals surface area (Å²) in [6.07, 6.45) is 1.04. The molecule has 0 aliphatic heterocycles. The van der Waals surface area contributed by atoms with E-state index in [4.69, 9.17) is 9.84 Å². The zero-order valence-corrected chi connectivity index (χ0v) is 12.0. The third kappa shape index (κ3) is 10.5. The molecule has 1 atom stereocenters. The number of sulfonamides is 1. The van der Waals surface area contributed by atoms with Crippen molar-refractivity contribution in [2.45, 2.75) is 52.2 Å². The van der Waals surface area contributed by atoms with Gasteiger partial charge in [-0.15, -0.1) is 0 Å². The highest BCUT2D eigenvalue weighted by molar-refractivity contribution is 7.89. The molecule has 1 unspecified atom stereocenters. The van der Waals surface area contributed by atoms with Crippen molar-refractivity contribution in [3.63, 3.8) is 0 Å². The molecule has 0 aliphatic carbocycles. The van der Waals surface area contributed by atoms with Crippen molar-refractivity contribution in [1.29, 1.82) is 0 Å². The van der Waals surface area contributed by atoms with Crippen LogP contribution in [-0.2, 0) is 19.6 Å². The molecule has 0 rings (SSSR count). The summed E-state index contributed by atoms with van der Waals surface area (Å²) in [6, 6.07) is -0.256. The van der Waals surface area contributed by atoms with Crippen LogP contribution in [-0.4, -0.2) is 44.0 Å². The highest BCUT2D eigenvalue weighted by atomic mass is 32.2. The Balaban J connectivity index is 3.89. The SMILES string of the molecule is CC(CCCC(=O)O)NS(=O)(=O)CCOC(C)C. The maximum absolute atomic E-state index is 11.6. The molecular weight excluding hydrogens is 258 g/mol. The molecular formula is C11H23NO5S. The van der Waals surface area contributed by atoms with Gasteiger partial charge in [-0.3, -0.25) is 4.79 Å². The Kier molecular flexibility index (Phi) is 8.13. The van der Waals surface area contributed by atoms with E-state index in [0.29, 0.717) is 12.8 Å². The lowest BCUT2D eigenvalue weighted by atomic mass is 10.1. The van der Waals surface area contributed by atoms with Crippen molar-refractivity contribution in [2.24, 2.45) is 0 Å². The van der Waals surface area contributed by atoms with Gasteiger partial charge in [-0.2, -0.15) is 0 Å². The molecule has 108 valence electrons. The van der Waals surface area contributed by atoms with E-state index in [1.165, 1.54) is 0 Å². The summed E-state index contributed by atoms with van der Waals surface area (Å²) in [5.41, 5.74) is 0. The third-order valence-electron chi connectivity index (χ3n) is 2.21. The second kappa shape index (κ2) is 8.44.